The van der Waals surface area contributed by atoms with Gasteiger partial charge in [-0.15, -0.1) is 0 Å². The van der Waals surface area contributed by atoms with Crippen LogP contribution in [-0.2, 0) is 33.4 Å². The molecule has 0 saturated carbocycles. The lowest BCUT2D eigenvalue weighted by molar-refractivity contribution is -0.143. The maximum atomic E-state index is 13.9. The van der Waals surface area contributed by atoms with Gasteiger partial charge >= 0.3 is 0 Å². The van der Waals surface area contributed by atoms with E-state index in [1.165, 1.54) is 4.90 Å². The number of nitrogens with zero attached hydrogens (tertiary/aromatic N) is 5. The predicted molar refractivity (Wildman–Crippen MR) is 138 cm³/mol. The zero-order chi connectivity index (χ0) is 26.8. The van der Waals surface area contributed by atoms with Gasteiger partial charge in [0.2, 0.25) is 17.7 Å². The van der Waals surface area contributed by atoms with E-state index in [4.69, 9.17) is 4.74 Å². The molecule has 1 unspecified atom stereocenters. The maximum absolute atomic E-state index is 13.9. The second-order valence-electron chi connectivity index (χ2n) is 10.2. The summed E-state index contributed by atoms with van der Waals surface area (Å²) in [5.41, 5.74) is 2.21. The number of hydrogen-bond acceptors (Lipinski definition) is 6. The number of amides is 3. The van der Waals surface area contributed by atoms with Gasteiger partial charge < -0.3 is 14.5 Å². The summed E-state index contributed by atoms with van der Waals surface area (Å²) in [5, 5.41) is 4.49. The van der Waals surface area contributed by atoms with Gasteiger partial charge in [-0.25, -0.2) is 0 Å². The van der Waals surface area contributed by atoms with Crippen molar-refractivity contribution in [2.75, 3.05) is 34.3 Å². The van der Waals surface area contributed by atoms with Crippen LogP contribution in [0.2, 0.25) is 0 Å². The van der Waals surface area contributed by atoms with E-state index in [-0.39, 0.29) is 43.1 Å². The third-order valence-electron chi connectivity index (χ3n) is 7.19. The highest BCUT2D eigenvalue weighted by Gasteiger charge is 2.54. The number of ether oxygens (including phenoxy) is 1. The molecule has 3 rings (SSSR count). The Labute approximate surface area is 214 Å². The molecule has 0 bridgehead atoms. The molecule has 3 amide bonds. The van der Waals surface area contributed by atoms with Gasteiger partial charge in [0.05, 0.1) is 18.2 Å². The van der Waals surface area contributed by atoms with E-state index in [1.807, 2.05) is 64.5 Å². The first-order valence-electron chi connectivity index (χ1n) is 12.3. The molecule has 0 N–H and O–H groups in total. The molecule has 1 aliphatic heterocycles. The predicted octanol–water partition coefficient (Wildman–Crippen LogP) is 2.43. The fourth-order valence-electron chi connectivity index (χ4n) is 4.85. The fourth-order valence-corrected chi connectivity index (χ4v) is 4.85. The molecule has 36 heavy (non-hydrogen) atoms. The van der Waals surface area contributed by atoms with Crippen molar-refractivity contribution < 1.29 is 19.1 Å². The number of likely N-dealkylation sites (tertiary alicyclic amines) is 1. The fraction of sp³-hybridized carbons (Fsp3) is 0.556. The molecule has 0 spiro atoms. The Morgan fingerprint density at radius 3 is 2.47 bits per heavy atom. The number of carbonyl (C=O) groups is 3. The van der Waals surface area contributed by atoms with Crippen LogP contribution in [0.1, 0.15) is 49.2 Å². The van der Waals surface area contributed by atoms with Gasteiger partial charge in [0.1, 0.15) is 5.75 Å². The summed E-state index contributed by atoms with van der Waals surface area (Å²) in [4.78, 5) is 46.0. The highest BCUT2D eigenvalue weighted by molar-refractivity contribution is 6.10. The Bertz CT molecular complexity index is 1140. The number of aromatic nitrogens is 2. The van der Waals surface area contributed by atoms with E-state index in [1.54, 1.807) is 30.2 Å². The van der Waals surface area contributed by atoms with Crippen LogP contribution in [0.5, 0.6) is 5.75 Å². The summed E-state index contributed by atoms with van der Waals surface area (Å²) < 4.78 is 7.22. The maximum Gasteiger partial charge on any atom is 0.240 e. The number of carbonyl (C=O) groups excluding carboxylic acids is 3. The van der Waals surface area contributed by atoms with Crippen molar-refractivity contribution in [3.05, 3.63) is 46.8 Å². The lowest BCUT2D eigenvalue weighted by Gasteiger charge is -2.33. The first-order valence-corrected chi connectivity index (χ1v) is 12.3. The van der Waals surface area contributed by atoms with Crippen molar-refractivity contribution in [1.29, 1.82) is 0 Å². The summed E-state index contributed by atoms with van der Waals surface area (Å²) in [7, 11) is 7.23. The third-order valence-corrected chi connectivity index (χ3v) is 7.19. The molecular formula is C27H39N5O4. The molecular weight excluding hydrogens is 458 g/mol. The topological polar surface area (TPSA) is 88.0 Å². The molecule has 1 aliphatic rings. The van der Waals surface area contributed by atoms with Gasteiger partial charge in [-0.1, -0.05) is 12.1 Å². The Morgan fingerprint density at radius 2 is 1.92 bits per heavy atom. The van der Waals surface area contributed by atoms with Gasteiger partial charge in [-0.3, -0.25) is 24.0 Å². The second kappa shape index (κ2) is 10.8. The van der Waals surface area contributed by atoms with Crippen molar-refractivity contribution in [1.82, 2.24) is 24.5 Å². The SMILES string of the molecule is COc1cccc(C2(CC(=O)N(Cc3c(C)nn(C)c3C)C(C)C)CC(=O)N(CCN(C)C)C2=O)c1. The Hall–Kier alpha value is -3.20. The van der Waals surface area contributed by atoms with E-state index < -0.39 is 5.41 Å². The number of hydrogen-bond donors (Lipinski definition) is 0. The summed E-state index contributed by atoms with van der Waals surface area (Å²) in [6.07, 6.45) is -0.144. The zero-order valence-corrected chi connectivity index (χ0v) is 22.8. The van der Waals surface area contributed by atoms with Crippen LogP contribution in [0.25, 0.3) is 0 Å². The molecule has 1 aromatic heterocycles. The summed E-state index contributed by atoms with van der Waals surface area (Å²) in [6, 6.07) is 7.06. The van der Waals surface area contributed by atoms with Crippen LogP contribution in [0.4, 0.5) is 0 Å². The largest absolute Gasteiger partial charge is 0.497 e. The van der Waals surface area contributed by atoms with Gasteiger partial charge in [-0.05, 0) is 59.5 Å². The number of rotatable bonds is 10. The molecule has 1 aromatic carbocycles. The van der Waals surface area contributed by atoms with Crippen molar-refractivity contribution in [2.45, 2.75) is 58.5 Å². The Kier molecular flexibility index (Phi) is 8.23. The number of aryl methyl sites for hydroxylation is 2. The first-order chi connectivity index (χ1) is 16.9. The number of methoxy groups -OCH3 is 1. The monoisotopic (exact) mass is 497 g/mol. The van der Waals surface area contributed by atoms with Crippen LogP contribution in [-0.4, -0.2) is 82.5 Å². The smallest absolute Gasteiger partial charge is 0.240 e. The molecule has 2 heterocycles. The number of likely N-dealkylation sites (N-methyl/N-ethyl adjacent to an activating group) is 1. The normalized spacial score (nSPS) is 18.0. The second-order valence-corrected chi connectivity index (χ2v) is 10.2. The van der Waals surface area contributed by atoms with Crippen LogP contribution in [0, 0.1) is 13.8 Å². The minimum atomic E-state index is -1.28. The van der Waals surface area contributed by atoms with Gasteiger partial charge in [-0.2, -0.15) is 5.10 Å². The molecule has 1 saturated heterocycles. The molecule has 1 fully saturated rings. The summed E-state index contributed by atoms with van der Waals surface area (Å²) in [6.45, 7) is 9.07. The summed E-state index contributed by atoms with van der Waals surface area (Å²) in [5.74, 6) is -0.180. The van der Waals surface area contributed by atoms with Crippen LogP contribution in [0.3, 0.4) is 0 Å². The Morgan fingerprint density at radius 1 is 1.22 bits per heavy atom. The van der Waals surface area contributed by atoms with E-state index in [0.717, 1.165) is 17.0 Å². The number of benzene rings is 1. The lowest BCUT2D eigenvalue weighted by atomic mass is 9.75. The molecule has 9 heteroatoms. The quantitative estimate of drug-likeness (QED) is 0.469. The minimum absolute atomic E-state index is 0.0466. The van der Waals surface area contributed by atoms with Gasteiger partial charge in [0, 0.05) is 56.8 Å². The third kappa shape index (κ3) is 5.31. The molecule has 0 aliphatic carbocycles. The van der Waals surface area contributed by atoms with Gasteiger partial charge in [0.15, 0.2) is 0 Å². The molecule has 196 valence electrons. The van der Waals surface area contributed by atoms with Crippen molar-refractivity contribution in [2.24, 2.45) is 7.05 Å². The molecule has 1 atom stereocenters. The minimum Gasteiger partial charge on any atom is -0.497 e. The van der Waals surface area contributed by atoms with Crippen molar-refractivity contribution >= 4 is 17.7 Å². The lowest BCUT2D eigenvalue weighted by Crippen LogP contribution is -2.46. The van der Waals surface area contributed by atoms with E-state index in [2.05, 4.69) is 5.10 Å². The standard InChI is InChI=1S/C27H39N5O4/c1-18(2)32(17-23-19(3)28-30(7)20(23)4)25(34)16-27(21-10-9-11-22(14-21)36-8)15-24(33)31(26(27)35)13-12-29(5)6/h9-11,14,18H,12-13,15-17H2,1-8H3. The van der Waals surface area contributed by atoms with Crippen molar-refractivity contribution in [3.63, 3.8) is 0 Å². The highest BCUT2D eigenvalue weighted by atomic mass is 16.5. The van der Waals surface area contributed by atoms with Gasteiger partial charge in [0.25, 0.3) is 0 Å². The first kappa shape index (κ1) is 27.4. The summed E-state index contributed by atoms with van der Waals surface area (Å²) >= 11 is 0. The highest BCUT2D eigenvalue weighted by Crippen LogP contribution is 2.41. The van der Waals surface area contributed by atoms with Crippen LogP contribution >= 0.6 is 0 Å². The van der Waals surface area contributed by atoms with E-state index >= 15 is 0 Å². The van der Waals surface area contributed by atoms with Crippen molar-refractivity contribution in [3.8, 4) is 5.75 Å². The average molecular weight is 498 g/mol. The zero-order valence-electron chi connectivity index (χ0n) is 22.8. The van der Waals surface area contributed by atoms with Crippen LogP contribution < -0.4 is 4.74 Å². The molecule has 2 aromatic rings. The molecule has 0 radical (unpaired) electrons. The van der Waals surface area contributed by atoms with E-state index in [9.17, 15) is 14.4 Å². The van der Waals surface area contributed by atoms with E-state index in [0.29, 0.717) is 24.4 Å². The number of imide groups is 1. The molecule has 9 nitrogen and oxygen atoms in total. The Balaban J connectivity index is 2.01. The average Bonchev–Trinajstić information content (AvgIpc) is 3.20. The van der Waals surface area contributed by atoms with Crippen LogP contribution in [0.15, 0.2) is 24.3 Å².